The molecule has 0 aromatic rings. The first-order valence-electron chi connectivity index (χ1n) is 5.79. The second-order valence-electron chi connectivity index (χ2n) is 5.86. The minimum Gasteiger partial charge on any atom is -0.338 e. The van der Waals surface area contributed by atoms with Crippen LogP contribution in [0.3, 0.4) is 0 Å². The highest BCUT2D eigenvalue weighted by Gasteiger charge is 2.27. The van der Waals surface area contributed by atoms with Gasteiger partial charge in [-0.15, -0.1) is 0 Å². The van der Waals surface area contributed by atoms with Gasteiger partial charge in [-0.2, -0.15) is 0 Å². The second-order valence-corrected chi connectivity index (χ2v) is 5.86. The van der Waals surface area contributed by atoms with Crippen LogP contribution in [0.4, 0.5) is 0 Å². The maximum atomic E-state index is 11.3. The van der Waals surface area contributed by atoms with Crippen molar-refractivity contribution >= 4 is 5.91 Å². The minimum atomic E-state index is 0.206. The third-order valence-electron chi connectivity index (χ3n) is 2.81. The molecule has 0 aromatic heterocycles. The van der Waals surface area contributed by atoms with E-state index in [2.05, 4.69) is 32.6 Å². The third kappa shape index (κ3) is 3.82. The van der Waals surface area contributed by atoms with E-state index in [-0.39, 0.29) is 5.91 Å². The highest BCUT2D eigenvalue weighted by atomic mass is 16.2. The zero-order chi connectivity index (χ0) is 11.6. The average molecular weight is 212 g/mol. The molecule has 1 aliphatic heterocycles. The number of nitrogens with zero attached hydrogens (tertiary/aromatic N) is 2. The lowest BCUT2D eigenvalue weighted by Crippen LogP contribution is -2.54. The molecule has 1 aliphatic rings. The van der Waals surface area contributed by atoms with Crippen LogP contribution in [-0.4, -0.2) is 47.9 Å². The lowest BCUT2D eigenvalue weighted by molar-refractivity contribution is -0.133. The van der Waals surface area contributed by atoms with Gasteiger partial charge in [0.05, 0.1) is 0 Å². The van der Waals surface area contributed by atoms with Crippen molar-refractivity contribution in [2.24, 2.45) is 5.41 Å². The van der Waals surface area contributed by atoms with Crippen molar-refractivity contribution in [2.75, 3.05) is 26.2 Å². The quantitative estimate of drug-likeness (QED) is 0.659. The van der Waals surface area contributed by atoms with Crippen LogP contribution in [0, 0.1) is 5.41 Å². The molecule has 1 amide bonds. The summed E-state index contributed by atoms with van der Waals surface area (Å²) in [5, 5.41) is 0. The van der Waals surface area contributed by atoms with Crippen molar-refractivity contribution in [1.82, 2.24) is 9.80 Å². The van der Waals surface area contributed by atoms with Crippen LogP contribution in [0.25, 0.3) is 0 Å². The van der Waals surface area contributed by atoms with Crippen LogP contribution in [-0.2, 0) is 4.79 Å². The number of hydrogen-bond donors (Lipinski definition) is 0. The number of carbonyl (C=O) groups is 1. The Hall–Kier alpha value is -0.570. The Morgan fingerprint density at radius 2 is 1.93 bits per heavy atom. The normalized spacial score (nSPS) is 24.3. The average Bonchev–Trinajstić information content (AvgIpc) is 1.99. The molecular formula is C12H24N2O. The van der Waals surface area contributed by atoms with E-state index < -0.39 is 0 Å². The Morgan fingerprint density at radius 1 is 1.33 bits per heavy atom. The van der Waals surface area contributed by atoms with Gasteiger partial charge >= 0.3 is 0 Å². The smallest absolute Gasteiger partial charge is 0.219 e. The van der Waals surface area contributed by atoms with Crippen molar-refractivity contribution in [3.8, 4) is 0 Å². The Morgan fingerprint density at radius 3 is 2.33 bits per heavy atom. The number of amides is 1. The molecule has 1 rings (SSSR count). The maximum Gasteiger partial charge on any atom is 0.219 e. The van der Waals surface area contributed by atoms with Gasteiger partial charge in [-0.25, -0.2) is 0 Å². The van der Waals surface area contributed by atoms with Crippen molar-refractivity contribution in [3.63, 3.8) is 0 Å². The number of hydrogen-bond acceptors (Lipinski definition) is 2. The van der Waals surface area contributed by atoms with Gasteiger partial charge < -0.3 is 4.90 Å². The van der Waals surface area contributed by atoms with Gasteiger partial charge in [-0.05, 0) is 12.3 Å². The molecule has 3 heteroatoms. The first kappa shape index (κ1) is 12.5. The summed E-state index contributed by atoms with van der Waals surface area (Å²) < 4.78 is 0. The fourth-order valence-corrected chi connectivity index (χ4v) is 2.32. The first-order chi connectivity index (χ1) is 6.79. The van der Waals surface area contributed by atoms with Gasteiger partial charge in [-0.3, -0.25) is 9.69 Å². The Kier molecular flexibility index (Phi) is 3.77. The summed E-state index contributed by atoms with van der Waals surface area (Å²) >= 11 is 0. The predicted octanol–water partition coefficient (Wildman–Crippen LogP) is 1.59. The molecule has 0 aliphatic carbocycles. The largest absolute Gasteiger partial charge is 0.338 e. The monoisotopic (exact) mass is 212 g/mol. The molecule has 1 saturated heterocycles. The van der Waals surface area contributed by atoms with E-state index in [9.17, 15) is 4.79 Å². The molecule has 0 radical (unpaired) electrons. The van der Waals surface area contributed by atoms with Crippen molar-refractivity contribution < 1.29 is 4.79 Å². The fraction of sp³-hybridized carbons (Fsp3) is 0.917. The lowest BCUT2D eigenvalue weighted by atomic mass is 9.95. The number of rotatable bonds is 1. The predicted molar refractivity (Wildman–Crippen MR) is 62.7 cm³/mol. The number of piperazine rings is 1. The van der Waals surface area contributed by atoms with Gasteiger partial charge in [0.25, 0.3) is 0 Å². The zero-order valence-corrected chi connectivity index (χ0v) is 10.7. The molecule has 0 bridgehead atoms. The molecular weight excluding hydrogens is 188 g/mol. The van der Waals surface area contributed by atoms with Crippen LogP contribution in [0.5, 0.6) is 0 Å². The van der Waals surface area contributed by atoms with Crippen molar-refractivity contribution in [3.05, 3.63) is 0 Å². The Labute approximate surface area is 93.4 Å². The standard InChI is InChI=1S/C12H24N2O/c1-10-8-13(9-12(3,4)5)6-7-14(10)11(2)15/h10H,6-9H2,1-5H3. The summed E-state index contributed by atoms with van der Waals surface area (Å²) in [5.74, 6) is 0.206. The van der Waals surface area contributed by atoms with Gasteiger partial charge in [0.1, 0.15) is 0 Å². The van der Waals surface area contributed by atoms with Gasteiger partial charge in [0.15, 0.2) is 0 Å². The molecule has 3 nitrogen and oxygen atoms in total. The second kappa shape index (κ2) is 4.52. The summed E-state index contributed by atoms with van der Waals surface area (Å²) in [7, 11) is 0. The minimum absolute atomic E-state index is 0.206. The van der Waals surface area contributed by atoms with E-state index in [4.69, 9.17) is 0 Å². The molecule has 1 fully saturated rings. The van der Waals surface area contributed by atoms with E-state index in [0.717, 1.165) is 26.2 Å². The van der Waals surface area contributed by atoms with Crippen LogP contribution >= 0.6 is 0 Å². The van der Waals surface area contributed by atoms with Crippen LogP contribution < -0.4 is 0 Å². The molecule has 1 heterocycles. The van der Waals surface area contributed by atoms with Gasteiger partial charge in [0.2, 0.25) is 5.91 Å². The summed E-state index contributed by atoms with van der Waals surface area (Å²) in [6, 6.07) is 0.360. The van der Waals surface area contributed by atoms with Crippen molar-refractivity contribution in [2.45, 2.75) is 40.7 Å². The van der Waals surface area contributed by atoms with Crippen LogP contribution in [0.2, 0.25) is 0 Å². The van der Waals surface area contributed by atoms with Gasteiger partial charge in [-0.1, -0.05) is 20.8 Å². The molecule has 0 N–H and O–H groups in total. The summed E-state index contributed by atoms with van der Waals surface area (Å²) in [4.78, 5) is 15.7. The van der Waals surface area contributed by atoms with E-state index in [1.807, 2.05) is 4.90 Å². The highest BCUT2D eigenvalue weighted by molar-refractivity contribution is 5.73. The van der Waals surface area contributed by atoms with Crippen molar-refractivity contribution in [1.29, 1.82) is 0 Å². The van der Waals surface area contributed by atoms with Crippen LogP contribution in [0.1, 0.15) is 34.6 Å². The van der Waals surface area contributed by atoms with Gasteiger partial charge in [0, 0.05) is 39.1 Å². The zero-order valence-electron chi connectivity index (χ0n) is 10.7. The molecule has 0 aromatic carbocycles. The van der Waals surface area contributed by atoms with E-state index in [1.165, 1.54) is 0 Å². The molecule has 15 heavy (non-hydrogen) atoms. The van der Waals surface area contributed by atoms with E-state index in [0.29, 0.717) is 11.5 Å². The van der Waals surface area contributed by atoms with E-state index >= 15 is 0 Å². The Balaban J connectivity index is 2.48. The SMILES string of the molecule is CC(=O)N1CCN(CC(C)(C)C)CC1C. The third-order valence-corrected chi connectivity index (χ3v) is 2.81. The molecule has 88 valence electrons. The van der Waals surface area contributed by atoms with Crippen LogP contribution in [0.15, 0.2) is 0 Å². The number of carbonyl (C=O) groups excluding carboxylic acids is 1. The molecule has 1 unspecified atom stereocenters. The summed E-state index contributed by atoms with van der Waals surface area (Å²) in [5.41, 5.74) is 0.345. The molecule has 1 atom stereocenters. The van der Waals surface area contributed by atoms with E-state index in [1.54, 1.807) is 6.92 Å². The lowest BCUT2D eigenvalue weighted by Gasteiger charge is -2.41. The summed E-state index contributed by atoms with van der Waals surface area (Å²) in [6.45, 7) is 14.6. The first-order valence-corrected chi connectivity index (χ1v) is 5.79. The fourth-order valence-electron chi connectivity index (χ4n) is 2.32. The summed E-state index contributed by atoms with van der Waals surface area (Å²) in [6.07, 6.45) is 0. The highest BCUT2D eigenvalue weighted by Crippen LogP contribution is 2.18. The Bertz CT molecular complexity index is 232. The topological polar surface area (TPSA) is 23.6 Å². The maximum absolute atomic E-state index is 11.3. The molecule has 0 saturated carbocycles. The molecule has 0 spiro atoms.